The summed E-state index contributed by atoms with van der Waals surface area (Å²) in [6.07, 6.45) is 1.95. The van der Waals surface area contributed by atoms with E-state index in [1.807, 2.05) is 31.2 Å². The second-order valence-electron chi connectivity index (χ2n) is 5.05. The van der Waals surface area contributed by atoms with Crippen molar-refractivity contribution in [1.29, 1.82) is 0 Å². The predicted molar refractivity (Wildman–Crippen MR) is 101 cm³/mol. The second-order valence-corrected chi connectivity index (χ2v) is 6.40. The van der Waals surface area contributed by atoms with Crippen molar-refractivity contribution in [2.75, 3.05) is 5.32 Å². The second kappa shape index (κ2) is 8.70. The van der Waals surface area contributed by atoms with Gasteiger partial charge < -0.3 is 10.4 Å². The normalized spacial score (nSPS) is 12.1. The lowest BCUT2D eigenvalue weighted by atomic mass is 10.2. The number of hydrogen-bond donors (Lipinski definition) is 3. The topological polar surface area (TPSA) is 73.7 Å². The number of amides is 1. The molecule has 0 saturated carbocycles. The minimum absolute atomic E-state index is 0.0393. The summed E-state index contributed by atoms with van der Waals surface area (Å²) in [6.45, 7) is 1.91. The van der Waals surface area contributed by atoms with Gasteiger partial charge in [0.05, 0.1) is 6.21 Å². The molecule has 3 N–H and O–H groups in total. The van der Waals surface area contributed by atoms with E-state index in [9.17, 15) is 9.90 Å². The molecule has 0 aliphatic heterocycles. The van der Waals surface area contributed by atoms with Gasteiger partial charge >= 0.3 is 0 Å². The summed E-state index contributed by atoms with van der Waals surface area (Å²) >= 11 is 9.23. The van der Waals surface area contributed by atoms with Crippen LogP contribution in [0.3, 0.4) is 0 Å². The van der Waals surface area contributed by atoms with Crippen LogP contribution < -0.4 is 10.7 Å². The number of aromatic hydroxyl groups is 1. The molecule has 2 aromatic rings. The van der Waals surface area contributed by atoms with Gasteiger partial charge in [-0.25, -0.2) is 5.43 Å². The number of nitrogens with one attached hydrogen (secondary N) is 2. The molecule has 24 heavy (non-hydrogen) atoms. The molecule has 0 bridgehead atoms. The van der Waals surface area contributed by atoms with Crippen molar-refractivity contribution < 1.29 is 9.90 Å². The first kappa shape index (κ1) is 18.3. The summed E-state index contributed by atoms with van der Waals surface area (Å²) < 4.78 is 0.969. The minimum atomic E-state index is -0.420. The highest BCUT2D eigenvalue weighted by molar-refractivity contribution is 9.10. The Morgan fingerprint density at radius 2 is 2.04 bits per heavy atom. The Bertz CT molecular complexity index is 735. The standard InChI is InChI=1S/C17H17BrClN3O2/c1-2-15(21-14-6-3-12(18)4-7-14)17(24)22-20-10-11-9-13(19)5-8-16(11)23/h3-10,15,21,23H,2H2,1H3,(H,22,24)/b20-10+/t15-/m0/s1. The number of carbonyl (C=O) groups is 1. The van der Waals surface area contributed by atoms with E-state index in [2.05, 4.69) is 31.8 Å². The SMILES string of the molecule is CC[C@H](Nc1ccc(Br)cc1)C(=O)N/N=C/c1cc(Cl)ccc1O. The summed E-state index contributed by atoms with van der Waals surface area (Å²) in [7, 11) is 0. The summed E-state index contributed by atoms with van der Waals surface area (Å²) in [5, 5.41) is 17.2. The van der Waals surface area contributed by atoms with E-state index in [0.717, 1.165) is 10.2 Å². The fourth-order valence-electron chi connectivity index (χ4n) is 1.97. The van der Waals surface area contributed by atoms with Gasteiger partial charge in [-0.15, -0.1) is 0 Å². The average molecular weight is 411 g/mol. The van der Waals surface area contributed by atoms with Crippen LogP contribution in [0.1, 0.15) is 18.9 Å². The highest BCUT2D eigenvalue weighted by Gasteiger charge is 2.15. The Hall–Kier alpha value is -2.05. The number of phenolic OH excluding ortho intramolecular Hbond substituents is 1. The van der Waals surface area contributed by atoms with Crippen molar-refractivity contribution in [3.8, 4) is 5.75 Å². The molecule has 0 aliphatic carbocycles. The monoisotopic (exact) mass is 409 g/mol. The highest BCUT2D eigenvalue weighted by atomic mass is 79.9. The molecule has 0 unspecified atom stereocenters. The molecule has 0 fully saturated rings. The van der Waals surface area contributed by atoms with Gasteiger partial charge in [-0.3, -0.25) is 4.79 Å². The molecule has 0 aromatic heterocycles. The molecular weight excluding hydrogens is 394 g/mol. The number of rotatable bonds is 6. The lowest BCUT2D eigenvalue weighted by molar-refractivity contribution is -0.121. The van der Waals surface area contributed by atoms with Crippen molar-refractivity contribution >= 4 is 45.3 Å². The van der Waals surface area contributed by atoms with Gasteiger partial charge in [0.15, 0.2) is 0 Å². The third-order valence-corrected chi connectivity index (χ3v) is 4.04. The molecule has 0 aliphatic rings. The van der Waals surface area contributed by atoms with Gasteiger partial charge in [0, 0.05) is 20.7 Å². The van der Waals surface area contributed by atoms with Crippen LogP contribution in [0, 0.1) is 0 Å². The van der Waals surface area contributed by atoms with Gasteiger partial charge in [0.2, 0.25) is 0 Å². The first-order valence-electron chi connectivity index (χ1n) is 7.33. The number of nitrogens with zero attached hydrogens (tertiary/aromatic N) is 1. The van der Waals surface area contributed by atoms with Gasteiger partial charge in [0.25, 0.3) is 5.91 Å². The van der Waals surface area contributed by atoms with Gasteiger partial charge in [-0.05, 0) is 48.9 Å². The molecule has 1 amide bonds. The summed E-state index contributed by atoms with van der Waals surface area (Å²) in [6, 6.07) is 11.7. The van der Waals surface area contributed by atoms with Crippen molar-refractivity contribution in [3.05, 3.63) is 57.5 Å². The number of carbonyl (C=O) groups excluding carboxylic acids is 1. The zero-order valence-corrected chi connectivity index (χ0v) is 15.3. The van der Waals surface area contributed by atoms with Crippen LogP contribution in [0.5, 0.6) is 5.75 Å². The number of hydrazone groups is 1. The molecule has 5 nitrogen and oxygen atoms in total. The van der Waals surface area contributed by atoms with Crippen LogP contribution in [0.4, 0.5) is 5.69 Å². The van der Waals surface area contributed by atoms with Crippen LogP contribution in [-0.2, 0) is 4.79 Å². The molecule has 2 rings (SSSR count). The molecular formula is C17H17BrClN3O2. The van der Waals surface area contributed by atoms with E-state index >= 15 is 0 Å². The van der Waals surface area contributed by atoms with Crippen molar-refractivity contribution in [3.63, 3.8) is 0 Å². The Kier molecular flexibility index (Phi) is 6.63. The third-order valence-electron chi connectivity index (χ3n) is 3.28. The summed E-state index contributed by atoms with van der Waals surface area (Å²) in [5.74, 6) is -0.226. The summed E-state index contributed by atoms with van der Waals surface area (Å²) in [5.41, 5.74) is 3.74. The maximum Gasteiger partial charge on any atom is 0.262 e. The molecule has 0 heterocycles. The molecule has 7 heteroatoms. The van der Waals surface area contributed by atoms with E-state index in [0.29, 0.717) is 17.0 Å². The molecule has 0 radical (unpaired) electrons. The van der Waals surface area contributed by atoms with E-state index in [1.165, 1.54) is 12.3 Å². The van der Waals surface area contributed by atoms with E-state index in [1.54, 1.807) is 12.1 Å². The largest absolute Gasteiger partial charge is 0.507 e. The fraction of sp³-hybridized carbons (Fsp3) is 0.176. The van der Waals surface area contributed by atoms with Crippen LogP contribution in [-0.4, -0.2) is 23.3 Å². The smallest absolute Gasteiger partial charge is 0.262 e. The number of anilines is 1. The Morgan fingerprint density at radius 3 is 2.71 bits per heavy atom. The van der Waals surface area contributed by atoms with Crippen LogP contribution in [0.25, 0.3) is 0 Å². The van der Waals surface area contributed by atoms with Crippen LogP contribution in [0.2, 0.25) is 5.02 Å². The van der Waals surface area contributed by atoms with E-state index < -0.39 is 6.04 Å². The molecule has 0 spiro atoms. The molecule has 2 aromatic carbocycles. The quantitative estimate of drug-likeness (QED) is 0.495. The fourth-order valence-corrected chi connectivity index (χ4v) is 2.42. The zero-order chi connectivity index (χ0) is 17.5. The first-order valence-corrected chi connectivity index (χ1v) is 8.50. The van der Waals surface area contributed by atoms with Crippen LogP contribution in [0.15, 0.2) is 52.0 Å². The third kappa shape index (κ3) is 5.25. The van der Waals surface area contributed by atoms with Gasteiger partial charge in [-0.1, -0.05) is 34.5 Å². The predicted octanol–water partition coefficient (Wildman–Crippen LogP) is 4.15. The maximum absolute atomic E-state index is 12.2. The van der Waals surface area contributed by atoms with Crippen molar-refractivity contribution in [2.24, 2.45) is 5.10 Å². The minimum Gasteiger partial charge on any atom is -0.507 e. The van der Waals surface area contributed by atoms with Crippen molar-refractivity contribution in [1.82, 2.24) is 5.43 Å². The zero-order valence-electron chi connectivity index (χ0n) is 13.0. The Labute approximate surface area is 153 Å². The lowest BCUT2D eigenvalue weighted by Crippen LogP contribution is -2.36. The van der Waals surface area contributed by atoms with Crippen LogP contribution >= 0.6 is 27.5 Å². The number of phenols is 1. The Balaban J connectivity index is 1.97. The highest BCUT2D eigenvalue weighted by Crippen LogP contribution is 2.19. The van der Waals surface area contributed by atoms with E-state index in [4.69, 9.17) is 11.6 Å². The average Bonchev–Trinajstić information content (AvgIpc) is 2.57. The number of benzene rings is 2. The van der Waals surface area contributed by atoms with Crippen molar-refractivity contribution in [2.45, 2.75) is 19.4 Å². The first-order chi connectivity index (χ1) is 11.5. The molecule has 0 saturated heterocycles. The molecule has 126 valence electrons. The summed E-state index contributed by atoms with van der Waals surface area (Å²) in [4.78, 5) is 12.2. The van der Waals surface area contributed by atoms with Gasteiger partial charge in [-0.2, -0.15) is 5.10 Å². The van der Waals surface area contributed by atoms with E-state index in [-0.39, 0.29) is 11.7 Å². The number of hydrogen-bond acceptors (Lipinski definition) is 4. The number of halogens is 2. The molecule has 1 atom stereocenters. The maximum atomic E-state index is 12.2. The Morgan fingerprint density at radius 1 is 1.33 bits per heavy atom. The lowest BCUT2D eigenvalue weighted by Gasteiger charge is -2.16. The van der Waals surface area contributed by atoms with Gasteiger partial charge in [0.1, 0.15) is 11.8 Å².